The van der Waals surface area contributed by atoms with E-state index in [0.717, 1.165) is 10.2 Å². The van der Waals surface area contributed by atoms with Crippen molar-refractivity contribution in [3.63, 3.8) is 0 Å². The van der Waals surface area contributed by atoms with E-state index in [1.807, 2.05) is 24.3 Å². The molecule has 4 rings (SSSR count). The van der Waals surface area contributed by atoms with Gasteiger partial charge >= 0.3 is 0 Å². The Kier molecular flexibility index (Phi) is 5.30. The number of hydrogen-bond acceptors (Lipinski definition) is 6. The van der Waals surface area contributed by atoms with Crippen molar-refractivity contribution in [3.8, 4) is 6.07 Å². The van der Waals surface area contributed by atoms with Crippen LogP contribution >= 0.6 is 27.7 Å². The molecule has 1 amide bonds. The van der Waals surface area contributed by atoms with Crippen LogP contribution in [0.3, 0.4) is 0 Å². The number of rotatable bonds is 3. The average Bonchev–Trinajstić information content (AvgIpc) is 2.74. The Labute approximate surface area is 179 Å². The van der Waals surface area contributed by atoms with Gasteiger partial charge in [0.15, 0.2) is 0 Å². The minimum Gasteiger partial charge on any atom is -0.344 e. The number of benzene rings is 2. The molecule has 2 heterocycles. The molecular formula is C20H15BrN4O3S. The van der Waals surface area contributed by atoms with E-state index >= 15 is 0 Å². The van der Waals surface area contributed by atoms with Crippen molar-refractivity contribution in [1.82, 2.24) is 4.90 Å². The minimum atomic E-state index is -0.605. The van der Waals surface area contributed by atoms with Crippen LogP contribution in [0.1, 0.15) is 17.9 Å². The van der Waals surface area contributed by atoms with Gasteiger partial charge in [-0.2, -0.15) is 5.26 Å². The lowest BCUT2D eigenvalue weighted by atomic mass is 9.85. The van der Waals surface area contributed by atoms with Gasteiger partial charge < -0.3 is 4.90 Å². The van der Waals surface area contributed by atoms with E-state index in [1.165, 1.54) is 17.8 Å². The fraction of sp³-hybridized carbons (Fsp3) is 0.200. The highest BCUT2D eigenvalue weighted by Gasteiger charge is 2.40. The van der Waals surface area contributed by atoms with Crippen LogP contribution in [0.15, 0.2) is 63.6 Å². The van der Waals surface area contributed by atoms with E-state index in [1.54, 1.807) is 23.1 Å². The van der Waals surface area contributed by atoms with E-state index in [0.29, 0.717) is 28.7 Å². The third-order valence-corrected chi connectivity index (χ3v) is 6.68. The van der Waals surface area contributed by atoms with E-state index < -0.39 is 10.8 Å². The second kappa shape index (κ2) is 7.89. The second-order valence-corrected chi connectivity index (χ2v) is 8.51. The van der Waals surface area contributed by atoms with Crippen molar-refractivity contribution in [1.29, 1.82) is 5.26 Å². The molecule has 2 aliphatic heterocycles. The number of thioether (sulfide) groups is 1. The van der Waals surface area contributed by atoms with Gasteiger partial charge in [-0.3, -0.25) is 19.8 Å². The highest BCUT2D eigenvalue weighted by atomic mass is 79.9. The predicted molar refractivity (Wildman–Crippen MR) is 114 cm³/mol. The summed E-state index contributed by atoms with van der Waals surface area (Å²) < 4.78 is 0.972. The summed E-state index contributed by atoms with van der Waals surface area (Å²) in [7, 11) is 0. The number of nitriles is 1. The van der Waals surface area contributed by atoms with Crippen LogP contribution in [0.5, 0.6) is 0 Å². The van der Waals surface area contributed by atoms with E-state index in [-0.39, 0.29) is 18.0 Å². The van der Waals surface area contributed by atoms with Gasteiger partial charge in [-0.25, -0.2) is 0 Å². The molecular weight excluding hydrogens is 456 g/mol. The second-order valence-electron chi connectivity index (χ2n) is 6.66. The Bertz CT molecular complexity index is 1060. The van der Waals surface area contributed by atoms with Gasteiger partial charge in [0.05, 0.1) is 34.1 Å². The fourth-order valence-corrected chi connectivity index (χ4v) is 5.02. The van der Waals surface area contributed by atoms with Crippen molar-refractivity contribution in [2.24, 2.45) is 0 Å². The monoisotopic (exact) mass is 470 g/mol. The normalized spacial score (nSPS) is 19.0. The standard InChI is InChI=1S/C20H15BrN4O3S/c21-13-5-7-14(8-6-13)23-11-24-19(26)9-16(17(10-22)20(24)29-12-23)15-3-1-2-4-18(15)25(27)28/h1-8,16H,9,11-12H2. The molecule has 1 unspecified atom stereocenters. The van der Waals surface area contributed by atoms with E-state index in [2.05, 4.69) is 26.9 Å². The molecule has 0 radical (unpaired) electrons. The van der Waals surface area contributed by atoms with Crippen LogP contribution in [-0.2, 0) is 4.79 Å². The van der Waals surface area contributed by atoms with E-state index in [4.69, 9.17) is 0 Å². The van der Waals surface area contributed by atoms with Crippen LogP contribution in [0.4, 0.5) is 11.4 Å². The number of nitrogens with zero attached hydrogens (tertiary/aromatic N) is 4. The molecule has 1 atom stereocenters. The SMILES string of the molecule is N#CC1=C2SCN(c3ccc(Br)cc3)CN2C(=O)CC1c1ccccc1[N+](=O)[O-]. The van der Waals surface area contributed by atoms with E-state index in [9.17, 15) is 20.2 Å². The number of carbonyl (C=O) groups is 1. The summed E-state index contributed by atoms with van der Waals surface area (Å²) in [6.45, 7) is 0.345. The molecule has 146 valence electrons. The van der Waals surface area contributed by atoms with Crippen molar-refractivity contribution in [3.05, 3.63) is 79.3 Å². The summed E-state index contributed by atoms with van der Waals surface area (Å²) >= 11 is 4.83. The van der Waals surface area contributed by atoms with Crippen molar-refractivity contribution in [2.45, 2.75) is 12.3 Å². The zero-order valence-electron chi connectivity index (χ0n) is 15.1. The zero-order valence-corrected chi connectivity index (χ0v) is 17.5. The number of nitro groups is 1. The first-order chi connectivity index (χ1) is 14.0. The number of fused-ring (bicyclic) bond motifs is 1. The van der Waals surface area contributed by atoms with Crippen LogP contribution < -0.4 is 4.90 Å². The van der Waals surface area contributed by atoms with Gasteiger partial charge in [0.25, 0.3) is 5.69 Å². The van der Waals surface area contributed by atoms with Gasteiger partial charge in [-0.1, -0.05) is 45.9 Å². The first kappa shape index (κ1) is 19.5. The maximum Gasteiger partial charge on any atom is 0.273 e. The molecule has 2 aromatic carbocycles. The third-order valence-electron chi connectivity index (χ3n) is 4.99. The maximum absolute atomic E-state index is 13.0. The maximum atomic E-state index is 13.0. The Morgan fingerprint density at radius 1 is 1.21 bits per heavy atom. The molecule has 0 aliphatic carbocycles. The zero-order chi connectivity index (χ0) is 20.5. The molecule has 2 aromatic rings. The molecule has 0 N–H and O–H groups in total. The molecule has 0 bridgehead atoms. The first-order valence-electron chi connectivity index (χ1n) is 8.81. The van der Waals surface area contributed by atoms with Crippen molar-refractivity contribution >= 4 is 45.0 Å². The summed E-state index contributed by atoms with van der Waals surface area (Å²) in [5.74, 6) is -0.168. The summed E-state index contributed by atoms with van der Waals surface area (Å²) in [5, 5.41) is 21.9. The fourth-order valence-electron chi connectivity index (χ4n) is 3.59. The van der Waals surface area contributed by atoms with Crippen molar-refractivity contribution in [2.75, 3.05) is 17.4 Å². The molecule has 0 saturated carbocycles. The number of carbonyl (C=O) groups excluding carboxylic acids is 1. The summed E-state index contributed by atoms with van der Waals surface area (Å²) in [6.07, 6.45) is 0.0337. The van der Waals surface area contributed by atoms with Gasteiger partial charge in [0.1, 0.15) is 0 Å². The van der Waals surface area contributed by atoms with Crippen LogP contribution in [0, 0.1) is 21.4 Å². The highest BCUT2D eigenvalue weighted by Crippen LogP contribution is 2.45. The van der Waals surface area contributed by atoms with Gasteiger partial charge in [-0.05, 0) is 24.3 Å². The van der Waals surface area contributed by atoms with Crippen LogP contribution in [0.25, 0.3) is 0 Å². The summed E-state index contributed by atoms with van der Waals surface area (Å²) in [4.78, 5) is 27.6. The Balaban J connectivity index is 1.70. The minimum absolute atomic E-state index is 0.0337. The molecule has 29 heavy (non-hydrogen) atoms. The number of halogens is 1. The van der Waals surface area contributed by atoms with Gasteiger partial charge in [0.2, 0.25) is 5.91 Å². The lowest BCUT2D eigenvalue weighted by molar-refractivity contribution is -0.385. The topological polar surface area (TPSA) is 90.5 Å². The molecule has 2 aliphatic rings. The lowest BCUT2D eigenvalue weighted by Gasteiger charge is -2.42. The van der Waals surface area contributed by atoms with Gasteiger partial charge in [0, 0.05) is 34.1 Å². The average molecular weight is 471 g/mol. The summed E-state index contributed by atoms with van der Waals surface area (Å²) in [6, 6.07) is 16.4. The predicted octanol–water partition coefficient (Wildman–Crippen LogP) is 4.58. The number of para-hydroxylation sites is 1. The largest absolute Gasteiger partial charge is 0.344 e. The van der Waals surface area contributed by atoms with Crippen molar-refractivity contribution < 1.29 is 9.72 Å². The number of hydrogen-bond donors (Lipinski definition) is 0. The highest BCUT2D eigenvalue weighted by molar-refractivity contribution is 9.10. The smallest absolute Gasteiger partial charge is 0.273 e. The first-order valence-corrected chi connectivity index (χ1v) is 10.6. The molecule has 9 heteroatoms. The Hall–Kier alpha value is -2.83. The number of amides is 1. The van der Waals surface area contributed by atoms with Gasteiger partial charge in [-0.15, -0.1) is 0 Å². The number of allylic oxidation sites excluding steroid dienone is 1. The summed E-state index contributed by atoms with van der Waals surface area (Å²) in [5.41, 5.74) is 1.74. The number of nitro benzene ring substituents is 1. The van der Waals surface area contributed by atoms with Crippen LogP contribution in [-0.4, -0.2) is 28.3 Å². The molecule has 1 fully saturated rings. The lowest BCUT2D eigenvalue weighted by Crippen LogP contribution is -2.47. The number of anilines is 1. The molecule has 7 nitrogen and oxygen atoms in total. The Morgan fingerprint density at radius 2 is 1.93 bits per heavy atom. The Morgan fingerprint density at radius 3 is 2.62 bits per heavy atom. The molecule has 1 saturated heterocycles. The third kappa shape index (κ3) is 3.61. The molecule has 0 spiro atoms. The van der Waals surface area contributed by atoms with Crippen LogP contribution in [0.2, 0.25) is 0 Å². The quantitative estimate of drug-likeness (QED) is 0.481. The molecule has 0 aromatic heterocycles.